The van der Waals surface area contributed by atoms with E-state index in [1.165, 1.54) is 12.1 Å². The first-order valence-corrected chi connectivity index (χ1v) is 5.18. The first kappa shape index (κ1) is 12.7. The van der Waals surface area contributed by atoms with Gasteiger partial charge in [-0.05, 0) is 19.1 Å². The molecule has 0 saturated carbocycles. The average molecular weight is 231 g/mol. The Morgan fingerprint density at radius 1 is 1.65 bits per heavy atom. The van der Waals surface area contributed by atoms with E-state index < -0.39 is 4.92 Å². The number of nitriles is 1. The van der Waals surface area contributed by atoms with E-state index in [0.29, 0.717) is 6.54 Å². The van der Waals surface area contributed by atoms with E-state index in [9.17, 15) is 10.1 Å². The summed E-state index contributed by atoms with van der Waals surface area (Å²) in [6.07, 6.45) is 1.75. The lowest BCUT2D eigenvalue weighted by molar-refractivity contribution is -0.385. The van der Waals surface area contributed by atoms with Crippen molar-refractivity contribution in [1.82, 2.24) is 0 Å². The van der Waals surface area contributed by atoms with Crippen molar-refractivity contribution in [3.8, 4) is 6.07 Å². The van der Waals surface area contributed by atoms with E-state index >= 15 is 0 Å². The fourth-order valence-corrected chi connectivity index (χ4v) is 1.54. The highest BCUT2D eigenvalue weighted by atomic mass is 16.6. The summed E-state index contributed by atoms with van der Waals surface area (Å²) in [5, 5.41) is 19.6. The van der Waals surface area contributed by atoms with Crippen LogP contribution in [0.3, 0.4) is 0 Å². The van der Waals surface area contributed by atoms with Crippen LogP contribution in [0.1, 0.15) is 12.5 Å². The maximum absolute atomic E-state index is 10.7. The number of nitrogens with zero attached hydrogens (tertiary/aromatic N) is 3. The molecule has 17 heavy (non-hydrogen) atoms. The number of rotatable bonds is 5. The molecule has 1 aromatic carbocycles. The van der Waals surface area contributed by atoms with E-state index in [2.05, 4.69) is 6.58 Å². The number of benzene rings is 1. The van der Waals surface area contributed by atoms with Gasteiger partial charge >= 0.3 is 0 Å². The topological polar surface area (TPSA) is 70.2 Å². The molecule has 0 aliphatic rings. The third kappa shape index (κ3) is 2.82. The lowest BCUT2D eigenvalue weighted by Gasteiger charge is -2.21. The predicted octanol–water partition coefficient (Wildman–Crippen LogP) is 2.48. The molecule has 0 aliphatic carbocycles. The molecule has 1 rings (SSSR count). The molecule has 0 N–H and O–H groups in total. The van der Waals surface area contributed by atoms with Crippen LogP contribution in [0.15, 0.2) is 30.9 Å². The molecule has 0 aromatic heterocycles. The third-order valence-electron chi connectivity index (χ3n) is 2.39. The van der Waals surface area contributed by atoms with Gasteiger partial charge in [0.2, 0.25) is 0 Å². The smallest absolute Gasteiger partial charge is 0.287 e. The van der Waals surface area contributed by atoms with Gasteiger partial charge in [-0.15, -0.1) is 6.58 Å². The van der Waals surface area contributed by atoms with E-state index in [0.717, 1.165) is 12.2 Å². The number of nitro groups is 1. The average Bonchev–Trinajstić information content (AvgIpc) is 2.34. The van der Waals surface area contributed by atoms with Gasteiger partial charge in [-0.25, -0.2) is 0 Å². The standard InChI is InChI=1S/C12H13N3O2/c1-3-7-14(4-2)11-5-6-12(15(16)17)10(8-11)9-13/h3,5-6,8H,1,4,7H2,2H3. The number of hydrogen-bond acceptors (Lipinski definition) is 4. The maximum atomic E-state index is 10.7. The normalized spacial score (nSPS) is 9.41. The van der Waals surface area contributed by atoms with Gasteiger partial charge in [0, 0.05) is 24.8 Å². The summed E-state index contributed by atoms with van der Waals surface area (Å²) < 4.78 is 0. The monoisotopic (exact) mass is 231 g/mol. The van der Waals surface area contributed by atoms with Gasteiger partial charge in [-0.2, -0.15) is 5.26 Å². The van der Waals surface area contributed by atoms with Crippen LogP contribution >= 0.6 is 0 Å². The Labute approximate surface area is 99.7 Å². The van der Waals surface area contributed by atoms with Crippen molar-refractivity contribution in [2.75, 3.05) is 18.0 Å². The van der Waals surface area contributed by atoms with E-state index in [1.807, 2.05) is 17.9 Å². The number of anilines is 1. The molecule has 1 aromatic rings. The fraction of sp³-hybridized carbons (Fsp3) is 0.250. The zero-order chi connectivity index (χ0) is 12.8. The zero-order valence-corrected chi connectivity index (χ0v) is 9.59. The molecule has 0 unspecified atom stereocenters. The second-order valence-corrected chi connectivity index (χ2v) is 3.40. The zero-order valence-electron chi connectivity index (χ0n) is 9.59. The van der Waals surface area contributed by atoms with Crippen molar-refractivity contribution in [3.05, 3.63) is 46.5 Å². The van der Waals surface area contributed by atoms with Crippen LogP contribution in [0.2, 0.25) is 0 Å². The van der Waals surface area contributed by atoms with Gasteiger partial charge in [0.1, 0.15) is 11.6 Å². The summed E-state index contributed by atoms with van der Waals surface area (Å²) in [5.74, 6) is 0. The second-order valence-electron chi connectivity index (χ2n) is 3.40. The van der Waals surface area contributed by atoms with Crippen LogP contribution in [0.25, 0.3) is 0 Å². The van der Waals surface area contributed by atoms with E-state index in [1.54, 1.807) is 12.1 Å². The number of hydrogen-bond donors (Lipinski definition) is 0. The molecule has 88 valence electrons. The van der Waals surface area contributed by atoms with Gasteiger partial charge in [0.25, 0.3) is 5.69 Å². The maximum Gasteiger partial charge on any atom is 0.287 e. The molecule has 0 aliphatic heterocycles. The molecule has 0 heterocycles. The van der Waals surface area contributed by atoms with E-state index in [-0.39, 0.29) is 11.3 Å². The van der Waals surface area contributed by atoms with Crippen molar-refractivity contribution in [1.29, 1.82) is 5.26 Å². The minimum atomic E-state index is -0.549. The summed E-state index contributed by atoms with van der Waals surface area (Å²) in [6.45, 7) is 7.00. The van der Waals surface area contributed by atoms with Gasteiger partial charge in [0.05, 0.1) is 4.92 Å². The SMILES string of the molecule is C=CCN(CC)c1ccc([N+](=O)[O-])c(C#N)c1. The molecule has 0 radical (unpaired) electrons. The minimum absolute atomic E-state index is 0.0787. The van der Waals surface area contributed by atoms with Crippen LogP contribution < -0.4 is 4.90 Å². The molecule has 5 nitrogen and oxygen atoms in total. The second kappa shape index (κ2) is 5.66. The van der Waals surface area contributed by atoms with Gasteiger partial charge < -0.3 is 4.90 Å². The van der Waals surface area contributed by atoms with Crippen LogP contribution in [-0.2, 0) is 0 Å². The molecule has 0 amide bonds. The van der Waals surface area contributed by atoms with Crippen LogP contribution in [0.5, 0.6) is 0 Å². The fourth-order valence-electron chi connectivity index (χ4n) is 1.54. The molecule has 0 saturated heterocycles. The summed E-state index contributed by atoms with van der Waals surface area (Å²) >= 11 is 0. The Kier molecular flexibility index (Phi) is 4.23. The summed E-state index contributed by atoms with van der Waals surface area (Å²) in [5.41, 5.74) is 0.704. The first-order valence-electron chi connectivity index (χ1n) is 5.18. The van der Waals surface area contributed by atoms with Crippen molar-refractivity contribution < 1.29 is 4.92 Å². The van der Waals surface area contributed by atoms with Crippen LogP contribution in [0.4, 0.5) is 11.4 Å². The Bertz CT molecular complexity index is 477. The highest BCUT2D eigenvalue weighted by molar-refractivity contribution is 5.60. The Morgan fingerprint density at radius 2 is 2.35 bits per heavy atom. The van der Waals surface area contributed by atoms with Gasteiger partial charge in [-0.1, -0.05) is 6.08 Å². The molecule has 0 spiro atoms. The quantitative estimate of drug-likeness (QED) is 0.443. The highest BCUT2D eigenvalue weighted by Crippen LogP contribution is 2.24. The van der Waals surface area contributed by atoms with Crippen molar-refractivity contribution in [2.45, 2.75) is 6.92 Å². The highest BCUT2D eigenvalue weighted by Gasteiger charge is 2.15. The van der Waals surface area contributed by atoms with Gasteiger partial charge in [0.15, 0.2) is 0 Å². The minimum Gasteiger partial charge on any atom is -0.368 e. The largest absolute Gasteiger partial charge is 0.368 e. The Hall–Kier alpha value is -2.35. The molecular formula is C12H13N3O2. The van der Waals surface area contributed by atoms with E-state index in [4.69, 9.17) is 5.26 Å². The van der Waals surface area contributed by atoms with Crippen molar-refractivity contribution in [3.63, 3.8) is 0 Å². The number of nitro benzene ring substituents is 1. The molecule has 0 bridgehead atoms. The third-order valence-corrected chi connectivity index (χ3v) is 2.39. The lowest BCUT2D eigenvalue weighted by atomic mass is 10.1. The Morgan fingerprint density at radius 3 is 2.82 bits per heavy atom. The van der Waals surface area contributed by atoms with Crippen LogP contribution in [0, 0.1) is 21.4 Å². The predicted molar refractivity (Wildman–Crippen MR) is 65.9 cm³/mol. The first-order chi connectivity index (χ1) is 8.13. The molecule has 0 atom stereocenters. The molecular weight excluding hydrogens is 218 g/mol. The summed E-state index contributed by atoms with van der Waals surface area (Å²) in [7, 11) is 0. The van der Waals surface area contributed by atoms with Crippen LogP contribution in [-0.4, -0.2) is 18.0 Å². The van der Waals surface area contributed by atoms with Gasteiger partial charge in [-0.3, -0.25) is 10.1 Å². The summed E-state index contributed by atoms with van der Waals surface area (Å²) in [6, 6.07) is 6.38. The Balaban J connectivity index is 3.17. The molecule has 5 heteroatoms. The lowest BCUT2D eigenvalue weighted by Crippen LogP contribution is -2.22. The summed E-state index contributed by atoms with van der Waals surface area (Å²) in [4.78, 5) is 12.1. The van der Waals surface area contributed by atoms with Crippen molar-refractivity contribution in [2.24, 2.45) is 0 Å². The number of likely N-dealkylation sites (N-methyl/N-ethyl adjacent to an activating group) is 1. The van der Waals surface area contributed by atoms with Crippen molar-refractivity contribution >= 4 is 11.4 Å². The molecule has 0 fully saturated rings.